The fourth-order valence-corrected chi connectivity index (χ4v) is 5.38. The molecule has 31 heavy (non-hydrogen) atoms. The number of nitrogens with zero attached hydrogens (tertiary/aromatic N) is 2. The van der Waals surface area contributed by atoms with Crippen LogP contribution >= 0.6 is 0 Å². The van der Waals surface area contributed by atoms with Gasteiger partial charge in [-0.2, -0.15) is 0 Å². The van der Waals surface area contributed by atoms with Gasteiger partial charge in [0.2, 0.25) is 0 Å². The lowest BCUT2D eigenvalue weighted by atomic mass is 9.85. The van der Waals surface area contributed by atoms with Gasteiger partial charge in [-0.3, -0.25) is 0 Å². The molecule has 0 bridgehead atoms. The van der Waals surface area contributed by atoms with Crippen molar-refractivity contribution in [2.75, 3.05) is 13.2 Å². The molecule has 0 spiro atoms. The Bertz CT molecular complexity index is 1130. The number of ether oxygens (including phenoxy) is 1. The van der Waals surface area contributed by atoms with Crippen LogP contribution in [0.3, 0.4) is 0 Å². The Morgan fingerprint density at radius 1 is 1.19 bits per heavy atom. The fourth-order valence-electron chi connectivity index (χ4n) is 4.39. The average Bonchev–Trinajstić information content (AvgIpc) is 3.36. The maximum atomic E-state index is 12.3. The molecule has 164 valence electrons. The van der Waals surface area contributed by atoms with Crippen LogP contribution in [-0.2, 0) is 29.9 Å². The van der Waals surface area contributed by atoms with E-state index in [0.717, 1.165) is 25.0 Å². The first-order valence-electron chi connectivity index (χ1n) is 10.7. The zero-order chi connectivity index (χ0) is 21.8. The minimum atomic E-state index is -3.62. The Kier molecular flexibility index (Phi) is 6.43. The Balaban J connectivity index is 1.39. The number of hydrogen-bond acceptors (Lipinski definition) is 4. The number of aromatic nitrogens is 2. The molecule has 0 saturated heterocycles. The van der Waals surface area contributed by atoms with Crippen molar-refractivity contribution in [3.63, 3.8) is 0 Å². The SMILES string of the molecule is CCC1Cc2ccc(OCCNS(=O)(=O)c3cn(C)cn3)cc2C1Cc1ccccc1. The van der Waals surface area contributed by atoms with Gasteiger partial charge in [0.1, 0.15) is 12.4 Å². The van der Waals surface area contributed by atoms with Crippen molar-refractivity contribution >= 4 is 10.0 Å². The van der Waals surface area contributed by atoms with Crippen LogP contribution in [0.2, 0.25) is 0 Å². The molecule has 1 heterocycles. The van der Waals surface area contributed by atoms with Gasteiger partial charge in [-0.05, 0) is 53.5 Å². The Morgan fingerprint density at radius 2 is 2.00 bits per heavy atom. The maximum Gasteiger partial charge on any atom is 0.259 e. The monoisotopic (exact) mass is 439 g/mol. The van der Waals surface area contributed by atoms with Gasteiger partial charge in [0.15, 0.2) is 5.03 Å². The standard InChI is InChI=1S/C24H29N3O3S/c1-3-19-14-20-9-10-21(15-23(20)22(19)13-18-7-5-4-6-8-18)30-12-11-26-31(28,29)24-16-27(2)17-25-24/h4-10,15-17,19,22,26H,3,11-14H2,1-2H3. The van der Waals surface area contributed by atoms with Gasteiger partial charge < -0.3 is 9.30 Å². The number of nitrogens with one attached hydrogen (secondary N) is 1. The zero-order valence-corrected chi connectivity index (χ0v) is 18.8. The summed E-state index contributed by atoms with van der Waals surface area (Å²) in [5.41, 5.74) is 4.12. The molecule has 2 atom stereocenters. The highest BCUT2D eigenvalue weighted by Crippen LogP contribution is 2.43. The molecule has 0 fully saturated rings. The van der Waals surface area contributed by atoms with E-state index < -0.39 is 10.0 Å². The molecule has 6 nitrogen and oxygen atoms in total. The van der Waals surface area contributed by atoms with E-state index in [1.54, 1.807) is 11.6 Å². The van der Waals surface area contributed by atoms with Crippen molar-refractivity contribution in [1.82, 2.24) is 14.3 Å². The maximum absolute atomic E-state index is 12.3. The molecule has 2 unspecified atom stereocenters. The van der Waals surface area contributed by atoms with Crippen molar-refractivity contribution in [3.05, 3.63) is 77.7 Å². The van der Waals surface area contributed by atoms with Gasteiger partial charge in [-0.1, -0.05) is 49.7 Å². The predicted molar refractivity (Wildman–Crippen MR) is 121 cm³/mol. The number of imidazole rings is 1. The van der Waals surface area contributed by atoms with E-state index in [4.69, 9.17) is 4.74 Å². The van der Waals surface area contributed by atoms with Crippen molar-refractivity contribution in [2.45, 2.75) is 37.1 Å². The molecule has 1 N–H and O–H groups in total. The second-order valence-electron chi connectivity index (χ2n) is 8.15. The molecular formula is C24H29N3O3S. The summed E-state index contributed by atoms with van der Waals surface area (Å²) in [6.45, 7) is 2.70. The normalized spacial score (nSPS) is 18.1. The summed E-state index contributed by atoms with van der Waals surface area (Å²) < 4.78 is 34.5. The minimum Gasteiger partial charge on any atom is -0.492 e. The molecule has 7 heteroatoms. The van der Waals surface area contributed by atoms with Gasteiger partial charge in [0.25, 0.3) is 10.0 Å². The average molecular weight is 440 g/mol. The second-order valence-corrected chi connectivity index (χ2v) is 9.87. The molecule has 3 aromatic rings. The van der Waals surface area contributed by atoms with Crippen LogP contribution in [0.15, 0.2) is 66.1 Å². The highest BCUT2D eigenvalue weighted by atomic mass is 32.2. The third-order valence-corrected chi connectivity index (χ3v) is 7.36. The molecular weight excluding hydrogens is 410 g/mol. The first-order chi connectivity index (χ1) is 15.0. The summed E-state index contributed by atoms with van der Waals surface area (Å²) in [5, 5.41) is 0.0156. The molecule has 0 amide bonds. The van der Waals surface area contributed by atoms with E-state index in [1.807, 2.05) is 6.07 Å². The van der Waals surface area contributed by atoms with Crippen LogP contribution in [-0.4, -0.2) is 31.1 Å². The molecule has 4 rings (SSSR count). The van der Waals surface area contributed by atoms with Crippen LogP contribution in [0.5, 0.6) is 5.75 Å². The lowest BCUT2D eigenvalue weighted by molar-refractivity contribution is 0.322. The minimum absolute atomic E-state index is 0.0156. The number of aryl methyl sites for hydroxylation is 1. The molecule has 0 saturated carbocycles. The lowest BCUT2D eigenvalue weighted by Crippen LogP contribution is -2.28. The van der Waals surface area contributed by atoms with Gasteiger partial charge in [-0.25, -0.2) is 18.1 Å². The largest absolute Gasteiger partial charge is 0.492 e. The summed E-state index contributed by atoms with van der Waals surface area (Å²) in [7, 11) is -1.89. The van der Waals surface area contributed by atoms with E-state index >= 15 is 0 Å². The van der Waals surface area contributed by atoms with Crippen LogP contribution in [0.25, 0.3) is 0 Å². The summed E-state index contributed by atoms with van der Waals surface area (Å²) in [6, 6.07) is 16.9. The van der Waals surface area contributed by atoms with E-state index in [-0.39, 0.29) is 18.2 Å². The highest BCUT2D eigenvalue weighted by molar-refractivity contribution is 7.89. The van der Waals surface area contributed by atoms with Crippen LogP contribution in [0.4, 0.5) is 0 Å². The summed E-state index contributed by atoms with van der Waals surface area (Å²) in [5.74, 6) is 1.90. The van der Waals surface area contributed by atoms with Crippen molar-refractivity contribution in [2.24, 2.45) is 13.0 Å². The van der Waals surface area contributed by atoms with E-state index in [1.165, 1.54) is 29.2 Å². The molecule has 0 aliphatic heterocycles. The lowest BCUT2D eigenvalue weighted by Gasteiger charge is -2.20. The summed E-state index contributed by atoms with van der Waals surface area (Å²) >= 11 is 0. The molecule has 2 aromatic carbocycles. The third kappa shape index (κ3) is 4.99. The smallest absolute Gasteiger partial charge is 0.259 e. The Hall–Kier alpha value is -2.64. The van der Waals surface area contributed by atoms with Crippen molar-refractivity contribution in [3.8, 4) is 5.75 Å². The van der Waals surface area contributed by atoms with Gasteiger partial charge >= 0.3 is 0 Å². The first-order valence-corrected chi connectivity index (χ1v) is 12.2. The number of fused-ring (bicyclic) bond motifs is 1. The topological polar surface area (TPSA) is 73.2 Å². The van der Waals surface area contributed by atoms with E-state index in [9.17, 15) is 8.42 Å². The first kappa shape index (κ1) is 21.6. The number of rotatable bonds is 9. The Labute approximate surface area is 184 Å². The summed E-state index contributed by atoms with van der Waals surface area (Å²) in [4.78, 5) is 3.89. The molecule has 1 aliphatic rings. The second kappa shape index (κ2) is 9.24. The van der Waals surface area contributed by atoms with Gasteiger partial charge in [0.05, 0.1) is 6.33 Å². The van der Waals surface area contributed by atoms with Crippen molar-refractivity contribution < 1.29 is 13.2 Å². The Morgan fingerprint density at radius 3 is 2.71 bits per heavy atom. The van der Waals surface area contributed by atoms with Gasteiger partial charge in [-0.15, -0.1) is 0 Å². The van der Waals surface area contributed by atoms with Crippen LogP contribution in [0, 0.1) is 5.92 Å². The predicted octanol–water partition coefficient (Wildman–Crippen LogP) is 3.69. The third-order valence-electron chi connectivity index (χ3n) is 6.01. The molecule has 1 aliphatic carbocycles. The molecule has 0 radical (unpaired) electrons. The quantitative estimate of drug-likeness (QED) is 0.516. The molecule has 1 aromatic heterocycles. The van der Waals surface area contributed by atoms with Gasteiger partial charge in [0, 0.05) is 19.8 Å². The van der Waals surface area contributed by atoms with Crippen molar-refractivity contribution in [1.29, 1.82) is 0 Å². The summed E-state index contributed by atoms with van der Waals surface area (Å²) in [6.07, 6.45) is 6.22. The number of hydrogen-bond donors (Lipinski definition) is 1. The van der Waals surface area contributed by atoms with Crippen LogP contribution in [0.1, 0.15) is 36.0 Å². The van der Waals surface area contributed by atoms with E-state index in [2.05, 4.69) is 59.1 Å². The zero-order valence-electron chi connectivity index (χ0n) is 18.0. The highest BCUT2D eigenvalue weighted by Gasteiger charge is 2.31. The van der Waals surface area contributed by atoms with E-state index in [0.29, 0.717) is 11.8 Å². The fraction of sp³-hybridized carbons (Fsp3) is 0.375. The number of benzene rings is 2. The van der Waals surface area contributed by atoms with Crippen LogP contribution < -0.4 is 9.46 Å². The number of sulfonamides is 1.